The Labute approximate surface area is 158 Å². The molecule has 4 nitrogen and oxygen atoms in total. The van der Waals surface area contributed by atoms with Crippen molar-refractivity contribution in [1.29, 1.82) is 0 Å². The van der Waals surface area contributed by atoms with Gasteiger partial charge in [-0.3, -0.25) is 14.6 Å². The van der Waals surface area contributed by atoms with E-state index < -0.39 is 0 Å². The summed E-state index contributed by atoms with van der Waals surface area (Å²) in [5.41, 5.74) is 3.56. The van der Waals surface area contributed by atoms with E-state index in [1.54, 1.807) is 0 Å². The molecule has 0 unspecified atom stereocenters. The van der Waals surface area contributed by atoms with E-state index in [0.717, 1.165) is 42.9 Å². The molecule has 0 saturated carbocycles. The summed E-state index contributed by atoms with van der Waals surface area (Å²) in [5.74, 6) is 0.0410. The third kappa shape index (κ3) is 5.14. The molecule has 1 saturated heterocycles. The molecule has 1 aliphatic heterocycles. The highest BCUT2D eigenvalue weighted by Crippen LogP contribution is 2.21. The van der Waals surface area contributed by atoms with Crippen molar-refractivity contribution in [2.75, 3.05) is 38.0 Å². The number of aryl methyl sites for hydroxylation is 1. The molecule has 1 amide bonds. The highest BCUT2D eigenvalue weighted by Gasteiger charge is 2.19. The summed E-state index contributed by atoms with van der Waals surface area (Å²) in [5, 5.41) is 2.97. The Kier molecular flexibility index (Phi) is 6.24. The molecule has 5 heteroatoms. The molecule has 0 aliphatic carbocycles. The molecular formula is C20H24BrN3O. The fraction of sp³-hybridized carbons (Fsp3) is 0.350. The van der Waals surface area contributed by atoms with Crippen molar-refractivity contribution in [1.82, 2.24) is 9.80 Å². The van der Waals surface area contributed by atoms with E-state index in [-0.39, 0.29) is 5.91 Å². The van der Waals surface area contributed by atoms with E-state index in [1.165, 1.54) is 11.1 Å². The summed E-state index contributed by atoms with van der Waals surface area (Å²) >= 11 is 3.46. The van der Waals surface area contributed by atoms with E-state index in [9.17, 15) is 4.79 Å². The standard InChI is InChI=1S/C20H24BrN3O/c1-16-6-2-3-7-17(16)14-23-10-12-24(13-11-23)15-20(25)22-19-9-5-4-8-18(19)21/h2-9H,10-15H2,1H3,(H,22,25). The molecule has 0 aromatic heterocycles. The number of para-hydroxylation sites is 1. The van der Waals surface area contributed by atoms with Gasteiger partial charge >= 0.3 is 0 Å². The van der Waals surface area contributed by atoms with Crippen molar-refractivity contribution in [2.24, 2.45) is 0 Å². The van der Waals surface area contributed by atoms with Gasteiger partial charge in [0.1, 0.15) is 0 Å². The number of rotatable bonds is 5. The molecule has 2 aromatic rings. The number of hydrogen-bond donors (Lipinski definition) is 1. The molecule has 3 rings (SSSR count). The van der Waals surface area contributed by atoms with Crippen molar-refractivity contribution in [3.8, 4) is 0 Å². The maximum absolute atomic E-state index is 12.3. The summed E-state index contributed by atoms with van der Waals surface area (Å²) in [4.78, 5) is 16.9. The van der Waals surface area contributed by atoms with Crippen LogP contribution in [0.1, 0.15) is 11.1 Å². The van der Waals surface area contributed by atoms with Gasteiger partial charge in [0.05, 0.1) is 12.2 Å². The maximum Gasteiger partial charge on any atom is 0.238 e. The Morgan fingerprint density at radius 2 is 1.64 bits per heavy atom. The Morgan fingerprint density at radius 1 is 1.00 bits per heavy atom. The summed E-state index contributed by atoms with van der Waals surface area (Å²) in [6.45, 7) is 7.44. The monoisotopic (exact) mass is 401 g/mol. The van der Waals surface area contributed by atoms with E-state index in [0.29, 0.717) is 6.54 Å². The van der Waals surface area contributed by atoms with Gasteiger partial charge in [0.15, 0.2) is 0 Å². The first kappa shape index (κ1) is 18.1. The van der Waals surface area contributed by atoms with Gasteiger partial charge < -0.3 is 5.32 Å². The molecule has 132 valence electrons. The average molecular weight is 402 g/mol. The fourth-order valence-corrected chi connectivity index (χ4v) is 3.47. The zero-order valence-electron chi connectivity index (χ0n) is 14.5. The first-order chi connectivity index (χ1) is 12.1. The summed E-state index contributed by atoms with van der Waals surface area (Å²) in [6, 6.07) is 16.2. The number of anilines is 1. The van der Waals surface area contributed by atoms with Crippen LogP contribution in [-0.4, -0.2) is 48.4 Å². The summed E-state index contributed by atoms with van der Waals surface area (Å²) < 4.78 is 0.909. The predicted molar refractivity (Wildman–Crippen MR) is 106 cm³/mol. The van der Waals surface area contributed by atoms with Crippen LogP contribution in [0.4, 0.5) is 5.69 Å². The Morgan fingerprint density at radius 3 is 2.36 bits per heavy atom. The Bertz CT molecular complexity index is 726. The molecule has 25 heavy (non-hydrogen) atoms. The lowest BCUT2D eigenvalue weighted by Crippen LogP contribution is -2.48. The second kappa shape index (κ2) is 8.61. The van der Waals surface area contributed by atoms with Crippen LogP contribution >= 0.6 is 15.9 Å². The van der Waals surface area contributed by atoms with Gasteiger partial charge in [0.25, 0.3) is 0 Å². The van der Waals surface area contributed by atoms with Crippen molar-refractivity contribution in [3.63, 3.8) is 0 Å². The van der Waals surface area contributed by atoms with Crippen molar-refractivity contribution >= 4 is 27.5 Å². The van der Waals surface area contributed by atoms with Gasteiger partial charge in [0.2, 0.25) is 5.91 Å². The molecule has 0 atom stereocenters. The van der Waals surface area contributed by atoms with Crippen LogP contribution in [0.25, 0.3) is 0 Å². The molecule has 2 aromatic carbocycles. The Balaban J connectivity index is 1.45. The van der Waals surface area contributed by atoms with Gasteiger partial charge in [-0.05, 0) is 46.1 Å². The topological polar surface area (TPSA) is 35.6 Å². The number of nitrogens with zero attached hydrogens (tertiary/aromatic N) is 2. The SMILES string of the molecule is Cc1ccccc1CN1CCN(CC(=O)Nc2ccccc2Br)CC1. The molecule has 0 spiro atoms. The quantitative estimate of drug-likeness (QED) is 0.832. The van der Waals surface area contributed by atoms with Crippen molar-refractivity contribution < 1.29 is 4.79 Å². The zero-order chi connectivity index (χ0) is 17.6. The maximum atomic E-state index is 12.3. The minimum Gasteiger partial charge on any atom is -0.324 e. The van der Waals surface area contributed by atoms with Crippen LogP contribution in [0.2, 0.25) is 0 Å². The van der Waals surface area contributed by atoms with Crippen LogP contribution in [-0.2, 0) is 11.3 Å². The minimum absolute atomic E-state index is 0.0410. The van der Waals surface area contributed by atoms with Crippen molar-refractivity contribution in [3.05, 3.63) is 64.1 Å². The number of piperazine rings is 1. The van der Waals surface area contributed by atoms with E-state index >= 15 is 0 Å². The molecule has 1 fully saturated rings. The van der Waals surface area contributed by atoms with Crippen molar-refractivity contribution in [2.45, 2.75) is 13.5 Å². The first-order valence-corrected chi connectivity index (χ1v) is 9.45. The zero-order valence-corrected chi connectivity index (χ0v) is 16.1. The lowest BCUT2D eigenvalue weighted by atomic mass is 10.1. The van der Waals surface area contributed by atoms with Crippen LogP contribution in [0.15, 0.2) is 53.0 Å². The van der Waals surface area contributed by atoms with E-state index in [4.69, 9.17) is 0 Å². The van der Waals surface area contributed by atoms with Gasteiger partial charge in [-0.1, -0.05) is 36.4 Å². The van der Waals surface area contributed by atoms with Crippen LogP contribution in [0.5, 0.6) is 0 Å². The number of carbonyl (C=O) groups excluding carboxylic acids is 1. The van der Waals surface area contributed by atoms with Crippen LogP contribution < -0.4 is 5.32 Å². The first-order valence-electron chi connectivity index (χ1n) is 8.65. The molecule has 1 aliphatic rings. The van der Waals surface area contributed by atoms with Gasteiger partial charge in [-0.25, -0.2) is 0 Å². The highest BCUT2D eigenvalue weighted by molar-refractivity contribution is 9.10. The molecular weight excluding hydrogens is 378 g/mol. The predicted octanol–water partition coefficient (Wildman–Crippen LogP) is 3.51. The largest absolute Gasteiger partial charge is 0.324 e. The minimum atomic E-state index is 0.0410. The molecule has 0 bridgehead atoms. The highest BCUT2D eigenvalue weighted by atomic mass is 79.9. The summed E-state index contributed by atoms with van der Waals surface area (Å²) in [6.07, 6.45) is 0. The van der Waals surface area contributed by atoms with Crippen LogP contribution in [0.3, 0.4) is 0 Å². The molecule has 1 N–H and O–H groups in total. The third-order valence-electron chi connectivity index (χ3n) is 4.64. The fourth-order valence-electron chi connectivity index (χ4n) is 3.09. The normalized spacial score (nSPS) is 15.9. The van der Waals surface area contributed by atoms with Gasteiger partial charge in [-0.15, -0.1) is 0 Å². The molecule has 0 radical (unpaired) electrons. The summed E-state index contributed by atoms with van der Waals surface area (Å²) in [7, 11) is 0. The van der Waals surface area contributed by atoms with Gasteiger partial charge in [0, 0.05) is 37.2 Å². The van der Waals surface area contributed by atoms with Crippen LogP contribution in [0, 0.1) is 6.92 Å². The second-order valence-electron chi connectivity index (χ2n) is 6.51. The van der Waals surface area contributed by atoms with Gasteiger partial charge in [-0.2, -0.15) is 0 Å². The Hall–Kier alpha value is -1.69. The number of benzene rings is 2. The number of amides is 1. The smallest absolute Gasteiger partial charge is 0.238 e. The third-order valence-corrected chi connectivity index (χ3v) is 5.33. The lowest BCUT2D eigenvalue weighted by Gasteiger charge is -2.34. The molecule has 1 heterocycles. The average Bonchev–Trinajstić information content (AvgIpc) is 2.61. The number of halogens is 1. The number of nitrogens with one attached hydrogen (secondary N) is 1. The lowest BCUT2D eigenvalue weighted by molar-refractivity contribution is -0.117. The number of carbonyl (C=O) groups is 1. The van der Waals surface area contributed by atoms with E-state index in [1.807, 2.05) is 24.3 Å². The van der Waals surface area contributed by atoms with E-state index in [2.05, 4.69) is 62.2 Å². The second-order valence-corrected chi connectivity index (χ2v) is 7.36. The number of hydrogen-bond acceptors (Lipinski definition) is 3.